The van der Waals surface area contributed by atoms with E-state index in [1.807, 2.05) is 0 Å². The first kappa shape index (κ1) is 50.1. The highest BCUT2D eigenvalue weighted by atomic mass is 16.5. The summed E-state index contributed by atoms with van der Waals surface area (Å²) in [5.41, 5.74) is 5.48. The summed E-state index contributed by atoms with van der Waals surface area (Å²) < 4.78 is 5.99. The smallest absolute Gasteiger partial charge is 0.326 e. The molecule has 0 radical (unpaired) electrons. The van der Waals surface area contributed by atoms with Crippen LogP contribution in [-0.4, -0.2) is 41.6 Å². The van der Waals surface area contributed by atoms with Crippen LogP contribution in [0.1, 0.15) is 239 Å². The molecule has 0 saturated carbocycles. The van der Waals surface area contributed by atoms with E-state index < -0.39 is 12.0 Å². The number of carbonyl (C=O) groups excluding carboxylic acids is 2. The molecule has 0 rings (SSSR count). The van der Waals surface area contributed by atoms with Gasteiger partial charge in [-0.3, -0.25) is 9.59 Å². The summed E-state index contributed by atoms with van der Waals surface area (Å²) >= 11 is 0. The van der Waals surface area contributed by atoms with Gasteiger partial charge in [-0.25, -0.2) is 4.79 Å². The third-order valence-corrected chi connectivity index (χ3v) is 10.3. The first-order valence-electron chi connectivity index (χ1n) is 22.5. The molecule has 7 nitrogen and oxygen atoms in total. The molecule has 4 N–H and O–H groups in total. The molecule has 7 heteroatoms. The van der Waals surface area contributed by atoms with Crippen LogP contribution in [0.4, 0.5) is 0 Å². The van der Waals surface area contributed by atoms with Crippen LogP contribution >= 0.6 is 0 Å². The zero-order valence-corrected chi connectivity index (χ0v) is 34.4. The fourth-order valence-electron chi connectivity index (χ4n) is 6.92. The molecule has 2 atom stereocenters. The molecule has 0 aromatic carbocycles. The maximum Gasteiger partial charge on any atom is 0.326 e. The molecule has 0 bridgehead atoms. The maximum absolute atomic E-state index is 12.7. The fraction of sp³-hybridized carbons (Fsp3) is 0.889. The van der Waals surface area contributed by atoms with Crippen LogP contribution in [0.15, 0.2) is 12.2 Å². The molecule has 0 aromatic rings. The summed E-state index contributed by atoms with van der Waals surface area (Å²) in [5, 5.41) is 11.9. The van der Waals surface area contributed by atoms with Crippen molar-refractivity contribution in [3.05, 3.63) is 12.2 Å². The number of nitrogens with two attached hydrogens (primary N) is 1. The molecular formula is C45H86N2O5. The summed E-state index contributed by atoms with van der Waals surface area (Å²) in [7, 11) is 0. The number of aliphatic carboxylic acids is 1. The predicted molar refractivity (Wildman–Crippen MR) is 221 cm³/mol. The van der Waals surface area contributed by atoms with Crippen molar-refractivity contribution in [1.82, 2.24) is 5.32 Å². The highest BCUT2D eigenvalue weighted by molar-refractivity contribution is 5.83. The average molecular weight is 735 g/mol. The molecule has 0 heterocycles. The number of hydrogen-bond acceptors (Lipinski definition) is 5. The normalized spacial score (nSPS) is 12.7. The lowest BCUT2D eigenvalue weighted by Crippen LogP contribution is -2.40. The van der Waals surface area contributed by atoms with Gasteiger partial charge >= 0.3 is 11.9 Å². The van der Waals surface area contributed by atoms with Crippen molar-refractivity contribution in [2.45, 2.75) is 251 Å². The van der Waals surface area contributed by atoms with Crippen molar-refractivity contribution in [3.8, 4) is 0 Å². The predicted octanol–water partition coefficient (Wildman–Crippen LogP) is 12.7. The van der Waals surface area contributed by atoms with Gasteiger partial charge in [-0.15, -0.1) is 0 Å². The van der Waals surface area contributed by atoms with Crippen molar-refractivity contribution >= 4 is 17.8 Å². The number of esters is 1. The van der Waals surface area contributed by atoms with Crippen LogP contribution < -0.4 is 11.1 Å². The number of carboxylic acids is 1. The average Bonchev–Trinajstić information content (AvgIpc) is 3.13. The van der Waals surface area contributed by atoms with Crippen LogP contribution in [0.5, 0.6) is 0 Å². The minimum Gasteiger partial charge on any atom is -0.480 e. The van der Waals surface area contributed by atoms with Gasteiger partial charge in [0.05, 0.1) is 0 Å². The highest BCUT2D eigenvalue weighted by Crippen LogP contribution is 2.19. The molecule has 0 aliphatic carbocycles. The monoisotopic (exact) mass is 735 g/mol. The minimum atomic E-state index is -1.01. The standard InChI is InChI=1S/C45H86N2O5/c1-3-5-7-9-11-12-13-14-15-16-17-18-19-20-21-22-23-24-25-27-33-39-44(49)52-41(35-30-26-10-8-6-4-2)36-31-28-29-32-38-43(48)47-42(45(50)51)37-34-40-46/h16-17,41-42H,3-15,18-40,46H2,1-2H3,(H,47,48)(H,50,51)/b17-16-. The van der Waals surface area contributed by atoms with Gasteiger partial charge in [-0.05, 0) is 83.6 Å². The molecule has 1 amide bonds. The van der Waals surface area contributed by atoms with E-state index in [1.165, 1.54) is 141 Å². The van der Waals surface area contributed by atoms with E-state index >= 15 is 0 Å². The van der Waals surface area contributed by atoms with E-state index in [0.29, 0.717) is 32.2 Å². The molecule has 0 aliphatic rings. The van der Waals surface area contributed by atoms with E-state index in [0.717, 1.165) is 57.8 Å². The van der Waals surface area contributed by atoms with Crippen LogP contribution in [0.2, 0.25) is 0 Å². The lowest BCUT2D eigenvalue weighted by molar-refractivity contribution is -0.150. The Hall–Kier alpha value is -1.89. The second kappa shape index (κ2) is 40.3. The summed E-state index contributed by atoms with van der Waals surface area (Å²) in [4.78, 5) is 36.3. The molecule has 0 aromatic heterocycles. The van der Waals surface area contributed by atoms with E-state index in [2.05, 4.69) is 31.3 Å². The number of ether oxygens (including phenoxy) is 1. The zero-order valence-electron chi connectivity index (χ0n) is 34.4. The lowest BCUT2D eigenvalue weighted by Gasteiger charge is -2.18. The first-order chi connectivity index (χ1) is 25.4. The van der Waals surface area contributed by atoms with Crippen molar-refractivity contribution < 1.29 is 24.2 Å². The topological polar surface area (TPSA) is 119 Å². The van der Waals surface area contributed by atoms with Crippen molar-refractivity contribution in [1.29, 1.82) is 0 Å². The number of unbranched alkanes of at least 4 members (excludes halogenated alkanes) is 25. The largest absolute Gasteiger partial charge is 0.480 e. The van der Waals surface area contributed by atoms with E-state index in [-0.39, 0.29) is 18.0 Å². The Morgan fingerprint density at radius 3 is 1.38 bits per heavy atom. The number of amides is 1. The molecule has 0 fully saturated rings. The van der Waals surface area contributed by atoms with Crippen molar-refractivity contribution in [2.24, 2.45) is 5.73 Å². The zero-order chi connectivity index (χ0) is 38.2. The van der Waals surface area contributed by atoms with Crippen molar-refractivity contribution in [2.75, 3.05) is 6.54 Å². The van der Waals surface area contributed by atoms with Crippen LogP contribution in [0.3, 0.4) is 0 Å². The molecule has 306 valence electrons. The van der Waals surface area contributed by atoms with Crippen LogP contribution in [0.25, 0.3) is 0 Å². The van der Waals surface area contributed by atoms with Gasteiger partial charge in [-0.2, -0.15) is 0 Å². The molecule has 0 spiro atoms. The van der Waals surface area contributed by atoms with Gasteiger partial charge in [0.1, 0.15) is 12.1 Å². The second-order valence-electron chi connectivity index (χ2n) is 15.5. The molecule has 0 aliphatic heterocycles. The van der Waals surface area contributed by atoms with Crippen molar-refractivity contribution in [3.63, 3.8) is 0 Å². The Morgan fingerprint density at radius 2 is 0.942 bits per heavy atom. The maximum atomic E-state index is 12.7. The Bertz CT molecular complexity index is 833. The molecule has 2 unspecified atom stereocenters. The second-order valence-corrected chi connectivity index (χ2v) is 15.5. The van der Waals surface area contributed by atoms with Crippen LogP contribution in [0, 0.1) is 0 Å². The molecular weight excluding hydrogens is 649 g/mol. The highest BCUT2D eigenvalue weighted by Gasteiger charge is 2.19. The quantitative estimate of drug-likeness (QED) is 0.0327. The van der Waals surface area contributed by atoms with Crippen LogP contribution in [-0.2, 0) is 19.1 Å². The number of hydrogen-bond donors (Lipinski definition) is 3. The Kier molecular flexibility index (Phi) is 38.8. The fourth-order valence-corrected chi connectivity index (χ4v) is 6.92. The number of nitrogens with one attached hydrogen (secondary N) is 1. The molecule has 52 heavy (non-hydrogen) atoms. The SMILES string of the molecule is CCCCCCCCCC/C=C\CCCCCCCCCCCC(=O)OC(CCCCCCCC)CCCCCCC(=O)NC(CCCN)C(=O)O. The van der Waals surface area contributed by atoms with Gasteiger partial charge in [0, 0.05) is 12.8 Å². The van der Waals surface area contributed by atoms with Gasteiger partial charge in [0.2, 0.25) is 5.91 Å². The minimum absolute atomic E-state index is 0.00811. The first-order valence-corrected chi connectivity index (χ1v) is 22.5. The third kappa shape index (κ3) is 36.5. The lowest BCUT2D eigenvalue weighted by atomic mass is 10.0. The van der Waals surface area contributed by atoms with Gasteiger partial charge in [-0.1, -0.05) is 161 Å². The summed E-state index contributed by atoms with van der Waals surface area (Å²) in [6.45, 7) is 4.93. The number of allylic oxidation sites excluding steroid dienone is 2. The van der Waals surface area contributed by atoms with E-state index in [1.54, 1.807) is 0 Å². The Balaban J connectivity index is 4.00. The summed E-state index contributed by atoms with van der Waals surface area (Å²) in [6, 6.07) is -0.861. The summed E-state index contributed by atoms with van der Waals surface area (Å²) in [6.07, 6.45) is 44.2. The Labute approximate surface area is 321 Å². The van der Waals surface area contributed by atoms with Gasteiger partial charge < -0.3 is 20.9 Å². The number of carbonyl (C=O) groups is 3. The third-order valence-electron chi connectivity index (χ3n) is 10.3. The van der Waals surface area contributed by atoms with E-state index in [9.17, 15) is 19.5 Å². The number of rotatable bonds is 41. The van der Waals surface area contributed by atoms with E-state index in [4.69, 9.17) is 10.5 Å². The van der Waals surface area contributed by atoms with Gasteiger partial charge in [0.15, 0.2) is 0 Å². The Morgan fingerprint density at radius 1 is 0.538 bits per heavy atom. The molecule has 0 saturated heterocycles. The number of carboxylic acid groups (broad SMARTS) is 1. The van der Waals surface area contributed by atoms with Gasteiger partial charge in [0.25, 0.3) is 0 Å². The summed E-state index contributed by atoms with van der Waals surface area (Å²) in [5.74, 6) is -1.26.